The number of primary amides is 1. The van der Waals surface area contributed by atoms with Crippen LogP contribution in [-0.4, -0.2) is 46.0 Å². The molecule has 1 atom stereocenters. The molecule has 0 aromatic carbocycles. The van der Waals surface area contributed by atoms with Crippen LogP contribution in [0.15, 0.2) is 58.5 Å². The molecule has 138 valence electrons. The highest BCUT2D eigenvalue weighted by Crippen LogP contribution is 2.39. The predicted octanol–water partition coefficient (Wildman–Crippen LogP) is 0.806. The highest BCUT2D eigenvalue weighted by atomic mass is 16.5. The minimum absolute atomic E-state index is 0.297. The van der Waals surface area contributed by atoms with Gasteiger partial charge in [-0.25, -0.2) is 4.99 Å². The number of nitrogens with one attached hydrogen (secondary N) is 1. The van der Waals surface area contributed by atoms with Crippen molar-refractivity contribution in [3.8, 4) is 0 Å². The van der Waals surface area contributed by atoms with Gasteiger partial charge in [-0.2, -0.15) is 10.2 Å². The number of nitrogens with zero attached hydrogens (tertiary/aromatic N) is 4. The number of aliphatic imine (C=N–C) groups is 1. The lowest BCUT2D eigenvalue weighted by Crippen LogP contribution is -2.43. The molecule has 1 aliphatic carbocycles. The van der Waals surface area contributed by atoms with E-state index in [1.54, 1.807) is 18.7 Å². The summed E-state index contributed by atoms with van der Waals surface area (Å²) >= 11 is 0. The minimum Gasteiger partial charge on any atom is -0.495 e. The number of rotatable bonds is 5. The molecule has 3 aliphatic heterocycles. The summed E-state index contributed by atoms with van der Waals surface area (Å²) in [5.41, 5.74) is 10.6. The Balaban J connectivity index is 1.53. The Kier molecular flexibility index (Phi) is 3.70. The number of hydrogen-bond donors (Lipinski definition) is 2. The maximum Gasteiger partial charge on any atom is 0.240 e. The first-order valence-electron chi connectivity index (χ1n) is 9.15. The van der Waals surface area contributed by atoms with Crippen LogP contribution in [0.2, 0.25) is 0 Å². The molecule has 1 saturated carbocycles. The predicted molar refractivity (Wildman–Crippen MR) is 97.9 cm³/mol. The highest BCUT2D eigenvalue weighted by Gasteiger charge is 2.39. The number of carbonyl (C=O) groups is 1. The first kappa shape index (κ1) is 16.0. The summed E-state index contributed by atoms with van der Waals surface area (Å²) in [6.07, 6.45) is 9.86. The zero-order chi connectivity index (χ0) is 18.4. The van der Waals surface area contributed by atoms with Gasteiger partial charge >= 0.3 is 0 Å². The molecule has 5 rings (SSSR count). The van der Waals surface area contributed by atoms with Gasteiger partial charge in [0.15, 0.2) is 0 Å². The van der Waals surface area contributed by atoms with Crippen LogP contribution >= 0.6 is 0 Å². The summed E-state index contributed by atoms with van der Waals surface area (Å²) in [5.74, 6) is 0.822. The van der Waals surface area contributed by atoms with Crippen LogP contribution in [0.25, 0.3) is 0 Å². The summed E-state index contributed by atoms with van der Waals surface area (Å²) in [5, 5.41) is 11.1. The van der Waals surface area contributed by atoms with E-state index in [9.17, 15) is 4.79 Å². The molecule has 4 heterocycles. The zero-order valence-corrected chi connectivity index (χ0v) is 14.8. The molecular formula is C19H20N6O2. The van der Waals surface area contributed by atoms with E-state index in [0.29, 0.717) is 12.5 Å². The lowest BCUT2D eigenvalue weighted by molar-refractivity contribution is -0.120. The monoisotopic (exact) mass is 364 g/mol. The SMILES string of the molecule is NC(=O)C(NC1=COCC2=C3C1=CN=C(c1ccnnc1)N3CC2)C1CC1. The van der Waals surface area contributed by atoms with E-state index in [-0.39, 0.29) is 11.9 Å². The molecule has 0 saturated heterocycles. The second-order valence-electron chi connectivity index (χ2n) is 7.18. The summed E-state index contributed by atoms with van der Waals surface area (Å²) in [6, 6.07) is 1.52. The number of hydrogen-bond acceptors (Lipinski definition) is 7. The summed E-state index contributed by atoms with van der Waals surface area (Å²) in [7, 11) is 0. The molecule has 1 fully saturated rings. The molecule has 8 nitrogen and oxygen atoms in total. The minimum atomic E-state index is -0.382. The molecule has 0 spiro atoms. The second-order valence-corrected chi connectivity index (χ2v) is 7.18. The average molecular weight is 364 g/mol. The Hall–Kier alpha value is -3.16. The van der Waals surface area contributed by atoms with Crippen molar-refractivity contribution in [3.63, 3.8) is 0 Å². The van der Waals surface area contributed by atoms with E-state index in [0.717, 1.165) is 54.2 Å². The van der Waals surface area contributed by atoms with Crippen molar-refractivity contribution in [2.24, 2.45) is 16.6 Å². The van der Waals surface area contributed by atoms with Gasteiger partial charge in [0.2, 0.25) is 5.91 Å². The van der Waals surface area contributed by atoms with Gasteiger partial charge in [-0.3, -0.25) is 4.79 Å². The van der Waals surface area contributed by atoms with Crippen LogP contribution in [0.4, 0.5) is 0 Å². The zero-order valence-electron chi connectivity index (χ0n) is 14.8. The average Bonchev–Trinajstić information content (AvgIpc) is 3.46. The Morgan fingerprint density at radius 1 is 1.37 bits per heavy atom. The third-order valence-corrected chi connectivity index (χ3v) is 5.37. The number of carbonyl (C=O) groups excluding carboxylic acids is 1. The topological polar surface area (TPSA) is 106 Å². The fourth-order valence-electron chi connectivity index (χ4n) is 3.88. The molecular weight excluding hydrogens is 344 g/mol. The largest absolute Gasteiger partial charge is 0.495 e. The number of aromatic nitrogens is 2. The lowest BCUT2D eigenvalue weighted by Gasteiger charge is -2.30. The van der Waals surface area contributed by atoms with Gasteiger partial charge in [-0.05, 0) is 36.8 Å². The first-order chi connectivity index (χ1) is 13.2. The van der Waals surface area contributed by atoms with Crippen molar-refractivity contribution in [1.82, 2.24) is 20.4 Å². The smallest absolute Gasteiger partial charge is 0.240 e. The van der Waals surface area contributed by atoms with Crippen LogP contribution in [0.5, 0.6) is 0 Å². The van der Waals surface area contributed by atoms with Gasteiger partial charge in [0, 0.05) is 23.9 Å². The van der Waals surface area contributed by atoms with Gasteiger partial charge in [-0.1, -0.05) is 0 Å². The van der Waals surface area contributed by atoms with E-state index >= 15 is 0 Å². The summed E-state index contributed by atoms with van der Waals surface area (Å²) < 4.78 is 5.78. The van der Waals surface area contributed by atoms with Crippen molar-refractivity contribution in [2.45, 2.75) is 25.3 Å². The Bertz CT molecular complexity index is 913. The van der Waals surface area contributed by atoms with Crippen molar-refractivity contribution < 1.29 is 9.53 Å². The van der Waals surface area contributed by atoms with E-state index in [1.165, 1.54) is 5.57 Å². The number of amidine groups is 1. The van der Waals surface area contributed by atoms with Crippen LogP contribution in [-0.2, 0) is 9.53 Å². The molecule has 0 radical (unpaired) electrons. The van der Waals surface area contributed by atoms with E-state index in [1.807, 2.05) is 12.3 Å². The van der Waals surface area contributed by atoms with E-state index in [4.69, 9.17) is 15.5 Å². The Morgan fingerprint density at radius 3 is 3.00 bits per heavy atom. The third kappa shape index (κ3) is 2.77. The lowest BCUT2D eigenvalue weighted by atomic mass is 10.0. The molecule has 3 N–H and O–H groups in total. The highest BCUT2D eigenvalue weighted by molar-refractivity contribution is 6.01. The first-order valence-corrected chi connectivity index (χ1v) is 9.15. The van der Waals surface area contributed by atoms with Gasteiger partial charge in [0.25, 0.3) is 0 Å². The molecule has 0 bridgehead atoms. The van der Waals surface area contributed by atoms with E-state index in [2.05, 4.69) is 20.4 Å². The second kappa shape index (κ2) is 6.22. The molecule has 1 aromatic rings. The van der Waals surface area contributed by atoms with Crippen molar-refractivity contribution in [3.05, 3.63) is 59.0 Å². The fraction of sp³-hybridized carbons (Fsp3) is 0.368. The van der Waals surface area contributed by atoms with Crippen molar-refractivity contribution >= 4 is 11.7 Å². The van der Waals surface area contributed by atoms with Crippen LogP contribution < -0.4 is 11.1 Å². The fourth-order valence-corrected chi connectivity index (χ4v) is 3.88. The van der Waals surface area contributed by atoms with Gasteiger partial charge in [-0.15, -0.1) is 0 Å². The molecule has 4 aliphatic rings. The van der Waals surface area contributed by atoms with Gasteiger partial charge < -0.3 is 20.7 Å². The molecule has 8 heteroatoms. The van der Waals surface area contributed by atoms with Crippen LogP contribution in [0.3, 0.4) is 0 Å². The number of nitrogens with two attached hydrogens (primary N) is 1. The molecule has 1 aromatic heterocycles. The van der Waals surface area contributed by atoms with Crippen LogP contribution in [0, 0.1) is 5.92 Å². The Labute approximate surface area is 156 Å². The third-order valence-electron chi connectivity index (χ3n) is 5.37. The summed E-state index contributed by atoms with van der Waals surface area (Å²) in [4.78, 5) is 18.8. The van der Waals surface area contributed by atoms with E-state index < -0.39 is 0 Å². The number of ether oxygens (including phenoxy) is 1. The van der Waals surface area contributed by atoms with Gasteiger partial charge in [0.1, 0.15) is 24.7 Å². The standard InChI is InChI=1S/C19H20N6O2/c20-18(26)16(11-1-2-11)24-15-10-27-9-13-4-6-25-17(13)14(15)8-21-19(25)12-3-5-22-23-7-12/h3,5,7-8,10-11,16,24H,1-2,4,6,9H2,(H2,20,26). The molecule has 1 amide bonds. The maximum atomic E-state index is 11.9. The maximum absolute atomic E-state index is 11.9. The quantitative estimate of drug-likeness (QED) is 0.801. The molecule has 27 heavy (non-hydrogen) atoms. The van der Waals surface area contributed by atoms with Crippen molar-refractivity contribution in [1.29, 1.82) is 0 Å². The van der Waals surface area contributed by atoms with Crippen LogP contribution in [0.1, 0.15) is 24.8 Å². The normalized spacial score (nSPS) is 22.1. The van der Waals surface area contributed by atoms with Gasteiger partial charge in [0.05, 0.1) is 23.8 Å². The molecule has 1 unspecified atom stereocenters. The summed E-state index contributed by atoms with van der Waals surface area (Å²) in [6.45, 7) is 1.36. The number of amides is 1. The Morgan fingerprint density at radius 2 is 2.26 bits per heavy atom. The van der Waals surface area contributed by atoms with Crippen molar-refractivity contribution in [2.75, 3.05) is 13.2 Å².